The van der Waals surface area contributed by atoms with Crippen LogP contribution in [0.5, 0.6) is 5.75 Å². The van der Waals surface area contributed by atoms with E-state index >= 15 is 0 Å². The highest BCUT2D eigenvalue weighted by Gasteiger charge is 2.26. The van der Waals surface area contributed by atoms with Crippen molar-refractivity contribution < 1.29 is 14.3 Å². The van der Waals surface area contributed by atoms with E-state index in [0.29, 0.717) is 18.7 Å². The van der Waals surface area contributed by atoms with Crippen LogP contribution in [0.15, 0.2) is 54.6 Å². The van der Waals surface area contributed by atoms with Crippen molar-refractivity contribution in [2.45, 2.75) is 60.0 Å². The van der Waals surface area contributed by atoms with Crippen molar-refractivity contribution in [2.24, 2.45) is 7.05 Å². The lowest BCUT2D eigenvalue weighted by Crippen LogP contribution is -2.24. The van der Waals surface area contributed by atoms with Gasteiger partial charge in [-0.25, -0.2) is 4.79 Å². The second kappa shape index (κ2) is 10.3. The SMILES string of the molecule is Cc1ccc2c(CCCOc3cccc4ccccc34)c(C(=O)OC(C)(C)C)[nH]c2c1-c1c(C)nn(C)c1C. The summed E-state index contributed by atoms with van der Waals surface area (Å²) in [6, 6.07) is 18.6. The zero-order valence-corrected chi connectivity index (χ0v) is 23.9. The Bertz CT molecular complexity index is 1680. The van der Waals surface area contributed by atoms with Crippen molar-refractivity contribution in [3.8, 4) is 16.9 Å². The standard InChI is InChI=1S/C33H37N3O3/c1-20-17-18-26-25(15-11-19-38-27-16-10-13-23-12-8-9-14-24(23)27)31(32(37)39-33(4,5)6)34-30(26)28(20)29-21(2)35-36(7)22(29)3/h8-10,12-14,16-18,34H,11,15,19H2,1-7H3. The summed E-state index contributed by atoms with van der Waals surface area (Å²) in [5.41, 5.74) is 7.17. The summed E-state index contributed by atoms with van der Waals surface area (Å²) in [7, 11) is 1.96. The number of rotatable bonds is 7. The molecule has 6 nitrogen and oxygen atoms in total. The molecule has 0 fully saturated rings. The molecule has 0 bridgehead atoms. The van der Waals surface area contributed by atoms with Crippen LogP contribution in [-0.2, 0) is 18.2 Å². The minimum absolute atomic E-state index is 0.341. The van der Waals surface area contributed by atoms with E-state index in [4.69, 9.17) is 9.47 Å². The third kappa shape index (κ3) is 5.16. The first kappa shape index (κ1) is 26.5. The highest BCUT2D eigenvalue weighted by molar-refractivity contribution is 6.05. The number of benzene rings is 3. The molecule has 1 N–H and O–H groups in total. The molecular formula is C33H37N3O3. The molecule has 5 aromatic rings. The molecule has 0 aliphatic carbocycles. The van der Waals surface area contributed by atoms with Crippen LogP contribution in [-0.4, -0.2) is 32.9 Å². The Labute approximate surface area is 229 Å². The number of aryl methyl sites for hydroxylation is 4. The fourth-order valence-electron chi connectivity index (χ4n) is 5.40. The van der Waals surface area contributed by atoms with Gasteiger partial charge in [-0.15, -0.1) is 0 Å². The van der Waals surface area contributed by atoms with Crippen LogP contribution in [0.1, 0.15) is 60.2 Å². The van der Waals surface area contributed by atoms with Crippen molar-refractivity contribution >= 4 is 27.6 Å². The minimum Gasteiger partial charge on any atom is -0.493 e. The molecule has 0 unspecified atom stereocenters. The summed E-state index contributed by atoms with van der Waals surface area (Å²) in [6.07, 6.45) is 1.42. The number of H-pyrrole nitrogens is 1. The monoisotopic (exact) mass is 523 g/mol. The fraction of sp³-hybridized carbons (Fsp3) is 0.333. The highest BCUT2D eigenvalue weighted by atomic mass is 16.6. The van der Waals surface area contributed by atoms with Gasteiger partial charge in [0.05, 0.1) is 17.8 Å². The Morgan fingerprint density at radius 1 is 0.949 bits per heavy atom. The number of carbonyl (C=O) groups is 1. The van der Waals surface area contributed by atoms with E-state index in [-0.39, 0.29) is 5.97 Å². The fourth-order valence-corrected chi connectivity index (χ4v) is 5.40. The zero-order valence-electron chi connectivity index (χ0n) is 23.9. The van der Waals surface area contributed by atoms with Gasteiger partial charge in [0.25, 0.3) is 0 Å². The van der Waals surface area contributed by atoms with Gasteiger partial charge in [0.15, 0.2) is 0 Å². The molecule has 5 rings (SSSR count). The molecule has 2 heterocycles. The number of nitrogens with one attached hydrogen (secondary N) is 1. The topological polar surface area (TPSA) is 69.1 Å². The number of ether oxygens (including phenoxy) is 2. The predicted octanol–water partition coefficient (Wildman–Crippen LogP) is 7.61. The molecule has 6 heteroatoms. The smallest absolute Gasteiger partial charge is 0.355 e. The number of aromatic amines is 1. The van der Waals surface area contributed by atoms with Crippen LogP contribution in [0, 0.1) is 20.8 Å². The summed E-state index contributed by atoms with van der Waals surface area (Å²) in [6.45, 7) is 12.4. The lowest BCUT2D eigenvalue weighted by atomic mass is 9.94. The number of hydrogen-bond acceptors (Lipinski definition) is 4. The average molecular weight is 524 g/mol. The van der Waals surface area contributed by atoms with Crippen molar-refractivity contribution in [3.05, 3.63) is 82.8 Å². The van der Waals surface area contributed by atoms with Gasteiger partial charge in [0.2, 0.25) is 0 Å². The Balaban J connectivity index is 1.51. The summed E-state index contributed by atoms with van der Waals surface area (Å²) < 4.78 is 14.0. The van der Waals surface area contributed by atoms with E-state index in [0.717, 1.165) is 67.5 Å². The Kier molecular flexibility index (Phi) is 6.98. The number of hydrogen-bond donors (Lipinski definition) is 1. The maximum Gasteiger partial charge on any atom is 0.355 e. The van der Waals surface area contributed by atoms with Crippen LogP contribution < -0.4 is 4.74 Å². The van der Waals surface area contributed by atoms with E-state index in [1.807, 2.05) is 63.7 Å². The van der Waals surface area contributed by atoms with Crippen molar-refractivity contribution in [3.63, 3.8) is 0 Å². The highest BCUT2D eigenvalue weighted by Crippen LogP contribution is 2.38. The predicted molar refractivity (Wildman–Crippen MR) is 158 cm³/mol. The largest absolute Gasteiger partial charge is 0.493 e. The van der Waals surface area contributed by atoms with Gasteiger partial charge in [-0.05, 0) is 77.0 Å². The summed E-state index contributed by atoms with van der Waals surface area (Å²) in [5, 5.41) is 7.94. The van der Waals surface area contributed by atoms with Crippen LogP contribution in [0.25, 0.3) is 32.8 Å². The lowest BCUT2D eigenvalue weighted by Gasteiger charge is -2.19. The van der Waals surface area contributed by atoms with Gasteiger partial charge in [0, 0.05) is 34.6 Å². The Morgan fingerprint density at radius 2 is 1.69 bits per heavy atom. The van der Waals surface area contributed by atoms with Crippen molar-refractivity contribution in [2.75, 3.05) is 6.61 Å². The molecule has 2 aromatic heterocycles. The first-order valence-corrected chi connectivity index (χ1v) is 13.5. The molecule has 3 aromatic carbocycles. The van der Waals surface area contributed by atoms with Gasteiger partial charge >= 0.3 is 5.97 Å². The molecular weight excluding hydrogens is 486 g/mol. The number of carbonyl (C=O) groups excluding carboxylic acids is 1. The quantitative estimate of drug-likeness (QED) is 0.176. The summed E-state index contributed by atoms with van der Waals surface area (Å²) in [4.78, 5) is 16.9. The van der Waals surface area contributed by atoms with E-state index in [1.54, 1.807) is 0 Å². The van der Waals surface area contributed by atoms with E-state index in [2.05, 4.69) is 54.3 Å². The number of aromatic nitrogens is 3. The van der Waals surface area contributed by atoms with Crippen LogP contribution in [0.2, 0.25) is 0 Å². The van der Waals surface area contributed by atoms with Crippen LogP contribution >= 0.6 is 0 Å². The first-order chi connectivity index (χ1) is 18.5. The lowest BCUT2D eigenvalue weighted by molar-refractivity contribution is 0.00625. The molecule has 0 aliphatic rings. The molecule has 0 aliphatic heterocycles. The first-order valence-electron chi connectivity index (χ1n) is 13.5. The van der Waals surface area contributed by atoms with Gasteiger partial charge < -0.3 is 14.5 Å². The summed E-state index contributed by atoms with van der Waals surface area (Å²) >= 11 is 0. The molecule has 0 saturated carbocycles. The normalized spacial score (nSPS) is 11.9. The zero-order chi connectivity index (χ0) is 27.9. The van der Waals surface area contributed by atoms with E-state index in [1.165, 1.54) is 0 Å². The van der Waals surface area contributed by atoms with Gasteiger partial charge in [-0.3, -0.25) is 4.68 Å². The third-order valence-corrected chi connectivity index (χ3v) is 7.23. The van der Waals surface area contributed by atoms with Gasteiger partial charge in [-0.2, -0.15) is 5.10 Å². The summed E-state index contributed by atoms with van der Waals surface area (Å²) in [5.74, 6) is 0.534. The minimum atomic E-state index is -0.599. The second-order valence-corrected chi connectivity index (χ2v) is 11.3. The maximum atomic E-state index is 13.4. The third-order valence-electron chi connectivity index (χ3n) is 7.23. The Hall–Kier alpha value is -4.06. The number of fused-ring (bicyclic) bond motifs is 2. The average Bonchev–Trinajstić information content (AvgIpc) is 3.37. The van der Waals surface area contributed by atoms with Crippen LogP contribution in [0.3, 0.4) is 0 Å². The molecule has 0 saturated heterocycles. The van der Waals surface area contributed by atoms with Crippen LogP contribution in [0.4, 0.5) is 0 Å². The Morgan fingerprint density at radius 3 is 2.41 bits per heavy atom. The molecule has 0 spiro atoms. The molecule has 0 atom stereocenters. The number of nitrogens with zero attached hydrogens (tertiary/aromatic N) is 2. The van der Waals surface area contributed by atoms with Crippen molar-refractivity contribution in [1.82, 2.24) is 14.8 Å². The van der Waals surface area contributed by atoms with Gasteiger partial charge in [-0.1, -0.05) is 48.5 Å². The van der Waals surface area contributed by atoms with E-state index < -0.39 is 5.60 Å². The maximum absolute atomic E-state index is 13.4. The molecule has 39 heavy (non-hydrogen) atoms. The van der Waals surface area contributed by atoms with Crippen molar-refractivity contribution in [1.29, 1.82) is 0 Å². The number of esters is 1. The molecule has 0 radical (unpaired) electrons. The second-order valence-electron chi connectivity index (χ2n) is 11.3. The molecule has 202 valence electrons. The van der Waals surface area contributed by atoms with Gasteiger partial charge in [0.1, 0.15) is 17.0 Å². The molecule has 0 amide bonds. The van der Waals surface area contributed by atoms with E-state index in [9.17, 15) is 4.79 Å².